The third-order valence-corrected chi connectivity index (χ3v) is 4.00. The van der Waals surface area contributed by atoms with E-state index >= 15 is 0 Å². The zero-order valence-corrected chi connectivity index (χ0v) is 12.1. The summed E-state index contributed by atoms with van der Waals surface area (Å²) in [7, 11) is 0.299. The van der Waals surface area contributed by atoms with Crippen molar-refractivity contribution in [3.63, 3.8) is 0 Å². The van der Waals surface area contributed by atoms with Crippen LogP contribution >= 0.6 is 0 Å². The van der Waals surface area contributed by atoms with E-state index in [1.54, 1.807) is 13.4 Å². The van der Waals surface area contributed by atoms with Gasteiger partial charge >= 0.3 is 0 Å². The Kier molecular flexibility index (Phi) is 5.91. The molecule has 0 saturated heterocycles. The molecule has 0 spiro atoms. The molecule has 0 aliphatic rings. The van der Waals surface area contributed by atoms with Gasteiger partial charge in [-0.3, -0.25) is 0 Å². The molecule has 0 unspecified atom stereocenters. The first-order valence-electron chi connectivity index (χ1n) is 5.76. The second-order valence-electron chi connectivity index (χ2n) is 4.94. The van der Waals surface area contributed by atoms with Crippen molar-refractivity contribution in [2.24, 2.45) is 0 Å². The minimum atomic E-state index is -1.35. The lowest BCUT2D eigenvalue weighted by Crippen LogP contribution is -2.36. The Morgan fingerprint density at radius 2 is 1.94 bits per heavy atom. The van der Waals surface area contributed by atoms with Gasteiger partial charge in [0.05, 0.1) is 31.5 Å². The summed E-state index contributed by atoms with van der Waals surface area (Å²) in [5.74, 6) is 0. The minimum Gasteiger partial charge on any atom is -0.474 e. The van der Waals surface area contributed by atoms with E-state index in [-0.39, 0.29) is 6.79 Å². The van der Waals surface area contributed by atoms with E-state index in [2.05, 4.69) is 25.7 Å². The molecule has 1 aromatic heterocycles. The van der Waals surface area contributed by atoms with Crippen molar-refractivity contribution < 1.29 is 18.6 Å². The quantitative estimate of drug-likeness (QED) is 0.406. The highest BCUT2D eigenvalue weighted by Crippen LogP contribution is 2.07. The molecule has 1 rings (SSSR count). The molecule has 98 valence electrons. The number of furan rings is 1. The number of rotatable bonds is 8. The van der Waals surface area contributed by atoms with Gasteiger partial charge in [0.15, 0.2) is 0 Å². The monoisotopic (exact) mass is 258 g/mol. The van der Waals surface area contributed by atoms with E-state index < -0.39 is 8.07 Å². The summed E-state index contributed by atoms with van der Waals surface area (Å²) < 4.78 is 21.0. The van der Waals surface area contributed by atoms with Crippen molar-refractivity contribution in [2.45, 2.75) is 26.2 Å². The van der Waals surface area contributed by atoms with Gasteiger partial charge in [-0.05, 0) is 6.07 Å². The van der Waals surface area contributed by atoms with Crippen LogP contribution in [0.15, 0.2) is 16.7 Å². The number of ether oxygens (including phenoxy) is 3. The van der Waals surface area contributed by atoms with Gasteiger partial charge in [-0.25, -0.2) is 0 Å². The van der Waals surface area contributed by atoms with Gasteiger partial charge in [0.25, 0.3) is 0 Å². The summed E-state index contributed by atoms with van der Waals surface area (Å²) in [6.07, 6.45) is 1.77. The average Bonchev–Trinajstić information content (AvgIpc) is 2.71. The first-order valence-corrected chi connectivity index (χ1v) is 9.26. The maximum absolute atomic E-state index is 5.55. The maximum atomic E-state index is 5.55. The predicted molar refractivity (Wildman–Crippen MR) is 69.2 cm³/mol. The highest BCUT2D eigenvalue weighted by Gasteiger charge is 2.20. The third kappa shape index (κ3) is 5.50. The number of methoxy groups -OCH3 is 1. The standard InChI is InChI=1S/C12H22O4Si/c1-13-5-6-14-10-15-8-11-7-12(16-9-11)17(2,3)4/h7,9H,5-6,8,10H2,1-4H3. The molecule has 0 saturated carbocycles. The van der Waals surface area contributed by atoms with Crippen LogP contribution in [-0.2, 0) is 20.8 Å². The van der Waals surface area contributed by atoms with Crippen molar-refractivity contribution in [1.82, 2.24) is 0 Å². The lowest BCUT2D eigenvalue weighted by Gasteiger charge is -2.10. The van der Waals surface area contributed by atoms with E-state index in [0.717, 1.165) is 10.9 Å². The second-order valence-corrected chi connectivity index (χ2v) is 9.93. The molecule has 0 aliphatic carbocycles. The fourth-order valence-corrected chi connectivity index (χ4v) is 2.30. The third-order valence-electron chi connectivity index (χ3n) is 2.26. The zero-order valence-electron chi connectivity index (χ0n) is 11.1. The molecule has 1 heterocycles. The van der Waals surface area contributed by atoms with Gasteiger partial charge in [0, 0.05) is 12.7 Å². The molecule has 0 bridgehead atoms. The number of hydrogen-bond donors (Lipinski definition) is 0. The molecule has 1 aromatic rings. The fourth-order valence-electron chi connectivity index (χ4n) is 1.26. The summed E-state index contributed by atoms with van der Waals surface area (Å²) in [5, 5.41) is 1.11. The number of hydrogen-bond acceptors (Lipinski definition) is 4. The first-order chi connectivity index (χ1) is 8.04. The van der Waals surface area contributed by atoms with Crippen LogP contribution in [0.3, 0.4) is 0 Å². The minimum absolute atomic E-state index is 0.289. The second kappa shape index (κ2) is 6.96. The normalized spacial score (nSPS) is 12.0. The van der Waals surface area contributed by atoms with Crippen molar-refractivity contribution in [2.75, 3.05) is 27.1 Å². The Bertz CT molecular complexity index is 317. The summed E-state index contributed by atoms with van der Waals surface area (Å²) >= 11 is 0. The molecule has 0 radical (unpaired) electrons. The van der Waals surface area contributed by atoms with E-state index in [4.69, 9.17) is 18.6 Å². The summed E-state index contributed by atoms with van der Waals surface area (Å²) in [5.41, 5.74) is 1.07. The molecule has 0 aromatic carbocycles. The largest absolute Gasteiger partial charge is 0.474 e. The molecule has 5 heteroatoms. The fraction of sp³-hybridized carbons (Fsp3) is 0.667. The molecule has 0 aliphatic heterocycles. The van der Waals surface area contributed by atoms with Gasteiger partial charge in [-0.2, -0.15) is 0 Å². The topological polar surface area (TPSA) is 40.8 Å². The van der Waals surface area contributed by atoms with E-state index in [9.17, 15) is 0 Å². The predicted octanol–water partition coefficient (Wildman–Crippen LogP) is 1.96. The Labute approximate surface area is 104 Å². The lowest BCUT2D eigenvalue weighted by atomic mass is 10.4. The Morgan fingerprint density at radius 1 is 1.18 bits per heavy atom. The van der Waals surface area contributed by atoms with E-state index in [1.807, 2.05) is 0 Å². The molecular weight excluding hydrogens is 236 g/mol. The van der Waals surface area contributed by atoms with Gasteiger partial charge in [0.1, 0.15) is 14.9 Å². The summed E-state index contributed by atoms with van der Waals surface area (Å²) in [6, 6.07) is 2.08. The van der Waals surface area contributed by atoms with Crippen LogP contribution in [0.25, 0.3) is 0 Å². The van der Waals surface area contributed by atoms with Gasteiger partial charge in [0.2, 0.25) is 0 Å². The van der Waals surface area contributed by atoms with Crippen LogP contribution < -0.4 is 5.38 Å². The van der Waals surface area contributed by atoms with Crippen molar-refractivity contribution in [3.8, 4) is 0 Å². The van der Waals surface area contributed by atoms with Crippen molar-refractivity contribution in [3.05, 3.63) is 17.9 Å². The van der Waals surface area contributed by atoms with Crippen LogP contribution in [0.4, 0.5) is 0 Å². The van der Waals surface area contributed by atoms with Crippen LogP contribution in [0.1, 0.15) is 5.56 Å². The van der Waals surface area contributed by atoms with Crippen molar-refractivity contribution in [1.29, 1.82) is 0 Å². The SMILES string of the molecule is COCCOCOCc1coc([Si](C)(C)C)c1. The average molecular weight is 258 g/mol. The van der Waals surface area contributed by atoms with Crippen LogP contribution in [0.5, 0.6) is 0 Å². The molecule has 0 atom stereocenters. The smallest absolute Gasteiger partial charge is 0.147 e. The summed E-state index contributed by atoms with van der Waals surface area (Å²) in [6.45, 7) is 8.73. The van der Waals surface area contributed by atoms with Crippen LogP contribution in [0, 0.1) is 0 Å². The van der Waals surface area contributed by atoms with Crippen LogP contribution in [-0.4, -0.2) is 35.2 Å². The van der Waals surface area contributed by atoms with Crippen LogP contribution in [0.2, 0.25) is 19.6 Å². The Morgan fingerprint density at radius 3 is 2.53 bits per heavy atom. The molecule has 4 nitrogen and oxygen atoms in total. The lowest BCUT2D eigenvalue weighted by molar-refractivity contribution is -0.0725. The molecule has 17 heavy (non-hydrogen) atoms. The summed E-state index contributed by atoms with van der Waals surface area (Å²) in [4.78, 5) is 0. The highest BCUT2D eigenvalue weighted by atomic mass is 28.3. The zero-order chi connectivity index (χ0) is 12.7. The van der Waals surface area contributed by atoms with Crippen molar-refractivity contribution >= 4 is 13.5 Å². The maximum Gasteiger partial charge on any atom is 0.147 e. The molecular formula is C12H22O4Si. The van der Waals surface area contributed by atoms with E-state index in [0.29, 0.717) is 19.8 Å². The van der Waals surface area contributed by atoms with Gasteiger partial charge in [-0.15, -0.1) is 0 Å². The highest BCUT2D eigenvalue weighted by molar-refractivity contribution is 6.87. The Balaban J connectivity index is 2.21. The van der Waals surface area contributed by atoms with Gasteiger partial charge < -0.3 is 18.6 Å². The van der Waals surface area contributed by atoms with E-state index in [1.165, 1.54) is 0 Å². The first kappa shape index (κ1) is 14.4. The molecule has 0 amide bonds. The molecule has 0 fully saturated rings. The molecule has 0 N–H and O–H groups in total. The Hall–Kier alpha value is -0.623. The van der Waals surface area contributed by atoms with Gasteiger partial charge in [-0.1, -0.05) is 19.6 Å².